The number of benzene rings is 1. The SMILES string of the molecule is CC(C)C(CN)CNc1ccc(F)cc1Cl. The van der Waals surface area contributed by atoms with Crippen LogP contribution in [0.5, 0.6) is 0 Å². The summed E-state index contributed by atoms with van der Waals surface area (Å²) in [6.07, 6.45) is 0. The largest absolute Gasteiger partial charge is 0.384 e. The number of nitrogens with one attached hydrogen (secondary N) is 1. The van der Waals surface area contributed by atoms with Gasteiger partial charge in [-0.2, -0.15) is 0 Å². The highest BCUT2D eigenvalue weighted by Gasteiger charge is 2.11. The summed E-state index contributed by atoms with van der Waals surface area (Å²) in [6.45, 7) is 5.64. The number of rotatable bonds is 5. The lowest BCUT2D eigenvalue weighted by Crippen LogP contribution is -2.27. The zero-order chi connectivity index (χ0) is 12.1. The minimum atomic E-state index is -0.324. The van der Waals surface area contributed by atoms with E-state index in [4.69, 9.17) is 17.3 Å². The Kier molecular flexibility index (Phi) is 5.03. The van der Waals surface area contributed by atoms with Gasteiger partial charge in [0.2, 0.25) is 0 Å². The summed E-state index contributed by atoms with van der Waals surface area (Å²) in [4.78, 5) is 0. The minimum absolute atomic E-state index is 0.324. The van der Waals surface area contributed by atoms with E-state index in [1.807, 2.05) is 0 Å². The Balaban J connectivity index is 2.60. The molecular weight excluding hydrogens is 227 g/mol. The minimum Gasteiger partial charge on any atom is -0.384 e. The van der Waals surface area contributed by atoms with E-state index in [0.717, 1.165) is 12.2 Å². The van der Waals surface area contributed by atoms with E-state index in [1.54, 1.807) is 6.07 Å². The monoisotopic (exact) mass is 244 g/mol. The van der Waals surface area contributed by atoms with Crippen molar-refractivity contribution >= 4 is 17.3 Å². The molecule has 90 valence electrons. The third-order valence-corrected chi connectivity index (χ3v) is 3.04. The third kappa shape index (κ3) is 3.65. The molecule has 0 spiro atoms. The molecule has 1 unspecified atom stereocenters. The summed E-state index contributed by atoms with van der Waals surface area (Å²) in [6, 6.07) is 4.34. The van der Waals surface area contributed by atoms with Crippen LogP contribution >= 0.6 is 11.6 Å². The molecular formula is C12H18ClFN2. The van der Waals surface area contributed by atoms with Gasteiger partial charge in [0.1, 0.15) is 5.82 Å². The van der Waals surface area contributed by atoms with Crippen LogP contribution in [0.15, 0.2) is 18.2 Å². The Morgan fingerprint density at radius 2 is 2.12 bits per heavy atom. The van der Waals surface area contributed by atoms with E-state index < -0.39 is 0 Å². The maximum Gasteiger partial charge on any atom is 0.124 e. The molecule has 0 aromatic heterocycles. The van der Waals surface area contributed by atoms with Gasteiger partial charge in [0.15, 0.2) is 0 Å². The van der Waals surface area contributed by atoms with Crippen LogP contribution in [0.4, 0.5) is 10.1 Å². The Labute approximate surface area is 101 Å². The summed E-state index contributed by atoms with van der Waals surface area (Å²) in [5.74, 6) is 0.577. The van der Waals surface area contributed by atoms with Crippen LogP contribution in [-0.2, 0) is 0 Å². The number of anilines is 1. The van der Waals surface area contributed by atoms with E-state index in [0.29, 0.717) is 23.4 Å². The van der Waals surface area contributed by atoms with Gasteiger partial charge in [0.25, 0.3) is 0 Å². The fourth-order valence-corrected chi connectivity index (χ4v) is 1.70. The molecule has 16 heavy (non-hydrogen) atoms. The number of nitrogens with two attached hydrogens (primary N) is 1. The Morgan fingerprint density at radius 1 is 1.44 bits per heavy atom. The molecule has 1 rings (SSSR count). The first-order chi connectivity index (χ1) is 7.54. The van der Waals surface area contributed by atoms with Gasteiger partial charge in [0.05, 0.1) is 10.7 Å². The smallest absolute Gasteiger partial charge is 0.124 e. The molecule has 0 amide bonds. The van der Waals surface area contributed by atoms with Gasteiger partial charge in [-0.15, -0.1) is 0 Å². The van der Waals surface area contributed by atoms with Crippen LogP contribution in [-0.4, -0.2) is 13.1 Å². The predicted octanol–water partition coefficient (Wildman–Crippen LogP) is 3.12. The molecule has 0 bridgehead atoms. The van der Waals surface area contributed by atoms with Crippen molar-refractivity contribution in [3.63, 3.8) is 0 Å². The number of hydrogen-bond donors (Lipinski definition) is 2. The first kappa shape index (κ1) is 13.3. The third-order valence-electron chi connectivity index (χ3n) is 2.73. The van der Waals surface area contributed by atoms with E-state index in [9.17, 15) is 4.39 Å². The molecule has 2 nitrogen and oxygen atoms in total. The summed E-state index contributed by atoms with van der Waals surface area (Å²) in [5.41, 5.74) is 6.42. The van der Waals surface area contributed by atoms with Crippen LogP contribution < -0.4 is 11.1 Å². The Morgan fingerprint density at radius 3 is 2.62 bits per heavy atom. The van der Waals surface area contributed by atoms with Gasteiger partial charge < -0.3 is 11.1 Å². The van der Waals surface area contributed by atoms with Gasteiger partial charge in [0, 0.05) is 6.54 Å². The zero-order valence-electron chi connectivity index (χ0n) is 9.63. The van der Waals surface area contributed by atoms with Crippen molar-refractivity contribution in [3.8, 4) is 0 Å². The first-order valence-electron chi connectivity index (χ1n) is 5.43. The van der Waals surface area contributed by atoms with Gasteiger partial charge in [-0.1, -0.05) is 25.4 Å². The zero-order valence-corrected chi connectivity index (χ0v) is 10.4. The molecule has 0 aliphatic heterocycles. The van der Waals surface area contributed by atoms with Crippen LogP contribution in [0.2, 0.25) is 5.02 Å². The predicted molar refractivity (Wildman–Crippen MR) is 67.3 cm³/mol. The Bertz CT molecular complexity index is 342. The molecule has 4 heteroatoms. The van der Waals surface area contributed by atoms with Crippen molar-refractivity contribution in [1.82, 2.24) is 0 Å². The summed E-state index contributed by atoms with van der Waals surface area (Å²) in [7, 11) is 0. The maximum absolute atomic E-state index is 12.8. The van der Waals surface area contributed by atoms with E-state index >= 15 is 0 Å². The Hall–Kier alpha value is -0.800. The van der Waals surface area contributed by atoms with E-state index in [2.05, 4.69) is 19.2 Å². The second-order valence-corrected chi connectivity index (χ2v) is 4.65. The normalized spacial score (nSPS) is 12.9. The van der Waals surface area contributed by atoms with Crippen LogP contribution in [0.25, 0.3) is 0 Å². The molecule has 0 saturated heterocycles. The molecule has 3 N–H and O–H groups in total. The highest BCUT2D eigenvalue weighted by molar-refractivity contribution is 6.33. The maximum atomic E-state index is 12.8. The second kappa shape index (κ2) is 6.06. The molecule has 0 radical (unpaired) electrons. The lowest BCUT2D eigenvalue weighted by atomic mass is 9.96. The van der Waals surface area contributed by atoms with Crippen molar-refractivity contribution < 1.29 is 4.39 Å². The lowest BCUT2D eigenvalue weighted by molar-refractivity contribution is 0.413. The molecule has 0 saturated carbocycles. The van der Waals surface area contributed by atoms with Gasteiger partial charge in [-0.3, -0.25) is 0 Å². The van der Waals surface area contributed by atoms with Crippen LogP contribution in [0.3, 0.4) is 0 Å². The van der Waals surface area contributed by atoms with Crippen molar-refractivity contribution in [3.05, 3.63) is 29.0 Å². The molecule has 1 atom stereocenters. The van der Waals surface area contributed by atoms with E-state index in [1.165, 1.54) is 12.1 Å². The van der Waals surface area contributed by atoms with Crippen molar-refractivity contribution in [2.75, 3.05) is 18.4 Å². The fourth-order valence-electron chi connectivity index (χ4n) is 1.47. The molecule has 0 fully saturated rings. The van der Waals surface area contributed by atoms with Crippen molar-refractivity contribution in [2.24, 2.45) is 17.6 Å². The standard InChI is InChI=1S/C12H18ClFN2/c1-8(2)9(6-15)7-16-12-4-3-10(14)5-11(12)13/h3-5,8-9,16H,6-7,15H2,1-2H3. The van der Waals surface area contributed by atoms with E-state index in [-0.39, 0.29) is 5.82 Å². The average Bonchev–Trinajstić information content (AvgIpc) is 2.21. The highest BCUT2D eigenvalue weighted by Crippen LogP contribution is 2.23. The lowest BCUT2D eigenvalue weighted by Gasteiger charge is -2.20. The topological polar surface area (TPSA) is 38.0 Å². The molecule has 1 aromatic carbocycles. The first-order valence-corrected chi connectivity index (χ1v) is 5.81. The van der Waals surface area contributed by atoms with Crippen LogP contribution in [0.1, 0.15) is 13.8 Å². The van der Waals surface area contributed by atoms with Crippen molar-refractivity contribution in [1.29, 1.82) is 0 Å². The molecule has 1 aromatic rings. The van der Waals surface area contributed by atoms with Gasteiger partial charge in [-0.25, -0.2) is 4.39 Å². The number of hydrogen-bond acceptors (Lipinski definition) is 2. The average molecular weight is 245 g/mol. The van der Waals surface area contributed by atoms with Gasteiger partial charge >= 0.3 is 0 Å². The molecule has 0 aliphatic rings. The van der Waals surface area contributed by atoms with Crippen LogP contribution in [0, 0.1) is 17.7 Å². The summed E-state index contributed by atoms with van der Waals surface area (Å²) >= 11 is 5.90. The fraction of sp³-hybridized carbons (Fsp3) is 0.500. The summed E-state index contributed by atoms with van der Waals surface area (Å²) in [5, 5.41) is 3.60. The number of halogens is 2. The molecule has 0 heterocycles. The summed E-state index contributed by atoms with van der Waals surface area (Å²) < 4.78 is 12.8. The second-order valence-electron chi connectivity index (χ2n) is 4.24. The molecule has 0 aliphatic carbocycles. The quantitative estimate of drug-likeness (QED) is 0.835. The van der Waals surface area contributed by atoms with Crippen molar-refractivity contribution in [2.45, 2.75) is 13.8 Å². The highest BCUT2D eigenvalue weighted by atomic mass is 35.5. The van der Waals surface area contributed by atoms with Gasteiger partial charge in [-0.05, 0) is 36.6 Å².